The Morgan fingerprint density at radius 2 is 1.78 bits per heavy atom. The van der Waals surface area contributed by atoms with Crippen molar-refractivity contribution in [3.8, 4) is 0 Å². The van der Waals surface area contributed by atoms with Crippen LogP contribution in [0.2, 0.25) is 0 Å². The van der Waals surface area contributed by atoms with Crippen LogP contribution in [0.5, 0.6) is 0 Å². The Morgan fingerprint density at radius 1 is 1.17 bits per heavy atom. The second kappa shape index (κ2) is 6.38. The summed E-state index contributed by atoms with van der Waals surface area (Å²) < 4.78 is 0. The lowest BCUT2D eigenvalue weighted by atomic mass is 9.79. The quantitative estimate of drug-likeness (QED) is 0.796. The first-order valence-electron chi connectivity index (χ1n) is 7.18. The number of benzene rings is 1. The highest BCUT2D eigenvalue weighted by Gasteiger charge is 2.24. The molecule has 0 radical (unpaired) electrons. The fourth-order valence-electron chi connectivity index (χ4n) is 2.82. The van der Waals surface area contributed by atoms with E-state index < -0.39 is 0 Å². The van der Waals surface area contributed by atoms with Crippen LogP contribution in [0.1, 0.15) is 64.6 Å². The molecule has 0 fully saturated rings. The van der Waals surface area contributed by atoms with Crippen molar-refractivity contribution in [1.82, 2.24) is 5.32 Å². The average molecular weight is 247 g/mol. The fourth-order valence-corrected chi connectivity index (χ4v) is 2.82. The maximum atomic E-state index is 3.52. The Balaban J connectivity index is 3.13. The van der Waals surface area contributed by atoms with Gasteiger partial charge in [0.15, 0.2) is 0 Å². The number of hydrogen-bond donors (Lipinski definition) is 1. The van der Waals surface area contributed by atoms with Gasteiger partial charge in [0.1, 0.15) is 0 Å². The summed E-state index contributed by atoms with van der Waals surface area (Å²) in [5.74, 6) is 0.670. The van der Waals surface area contributed by atoms with Crippen molar-refractivity contribution >= 4 is 0 Å². The van der Waals surface area contributed by atoms with Gasteiger partial charge in [-0.15, -0.1) is 0 Å². The Morgan fingerprint density at radius 3 is 2.28 bits per heavy atom. The van der Waals surface area contributed by atoms with Crippen LogP contribution in [0.25, 0.3) is 0 Å². The van der Waals surface area contributed by atoms with Crippen molar-refractivity contribution in [2.24, 2.45) is 5.92 Å². The summed E-state index contributed by atoms with van der Waals surface area (Å²) in [4.78, 5) is 0. The molecule has 0 saturated carbocycles. The first kappa shape index (κ1) is 15.2. The van der Waals surface area contributed by atoms with Gasteiger partial charge in [-0.2, -0.15) is 0 Å². The van der Waals surface area contributed by atoms with Crippen molar-refractivity contribution in [2.75, 3.05) is 7.05 Å². The molecule has 0 aliphatic rings. The van der Waals surface area contributed by atoms with Crippen LogP contribution in [0.4, 0.5) is 0 Å². The molecule has 1 nitrogen and oxygen atoms in total. The van der Waals surface area contributed by atoms with Gasteiger partial charge in [0.25, 0.3) is 0 Å². The predicted molar refractivity (Wildman–Crippen MR) is 81.0 cm³/mol. The highest BCUT2D eigenvalue weighted by molar-refractivity contribution is 5.35. The number of hydrogen-bond acceptors (Lipinski definition) is 1. The van der Waals surface area contributed by atoms with Gasteiger partial charge in [-0.3, -0.25) is 0 Å². The molecule has 18 heavy (non-hydrogen) atoms. The van der Waals surface area contributed by atoms with E-state index in [2.05, 4.69) is 71.2 Å². The third-order valence-corrected chi connectivity index (χ3v) is 3.73. The molecule has 1 aromatic carbocycles. The van der Waals surface area contributed by atoms with E-state index in [1.54, 1.807) is 0 Å². The summed E-state index contributed by atoms with van der Waals surface area (Å²) in [6, 6.07) is 9.33. The third-order valence-electron chi connectivity index (χ3n) is 3.73. The molecule has 0 spiro atoms. The molecule has 1 heteroatoms. The van der Waals surface area contributed by atoms with Crippen molar-refractivity contribution in [3.63, 3.8) is 0 Å². The average Bonchev–Trinajstić information content (AvgIpc) is 2.29. The second-order valence-corrected chi connectivity index (χ2v) is 6.37. The normalized spacial score (nSPS) is 15.4. The van der Waals surface area contributed by atoms with E-state index in [1.165, 1.54) is 24.0 Å². The monoisotopic (exact) mass is 247 g/mol. The molecule has 0 aliphatic heterocycles. The van der Waals surface area contributed by atoms with E-state index in [1.807, 2.05) is 0 Å². The van der Waals surface area contributed by atoms with Crippen molar-refractivity contribution in [1.29, 1.82) is 0 Å². The van der Waals surface area contributed by atoms with Gasteiger partial charge in [-0.25, -0.2) is 0 Å². The van der Waals surface area contributed by atoms with Crippen LogP contribution in [0, 0.1) is 5.92 Å². The van der Waals surface area contributed by atoms with Crippen LogP contribution < -0.4 is 5.32 Å². The molecular weight excluding hydrogens is 218 g/mol. The van der Waals surface area contributed by atoms with Crippen LogP contribution >= 0.6 is 0 Å². The minimum atomic E-state index is 0.206. The summed E-state index contributed by atoms with van der Waals surface area (Å²) in [5.41, 5.74) is 3.14. The molecule has 0 aliphatic carbocycles. The SMILES string of the molecule is CCCC(C)C(NC)c1ccccc1C(C)(C)C. The molecule has 2 atom stereocenters. The molecular formula is C17H29N. The maximum absolute atomic E-state index is 3.52. The van der Waals surface area contributed by atoms with Gasteiger partial charge in [-0.1, -0.05) is 65.3 Å². The minimum Gasteiger partial charge on any atom is -0.313 e. The van der Waals surface area contributed by atoms with E-state index in [0.717, 1.165) is 0 Å². The first-order chi connectivity index (χ1) is 8.41. The molecule has 0 saturated heterocycles. The van der Waals surface area contributed by atoms with Gasteiger partial charge in [0, 0.05) is 6.04 Å². The highest BCUT2D eigenvalue weighted by atomic mass is 14.9. The van der Waals surface area contributed by atoms with Crippen molar-refractivity contribution in [3.05, 3.63) is 35.4 Å². The summed E-state index contributed by atoms with van der Waals surface area (Å²) in [6.45, 7) is 11.5. The van der Waals surface area contributed by atoms with Gasteiger partial charge >= 0.3 is 0 Å². The lowest BCUT2D eigenvalue weighted by Crippen LogP contribution is -2.27. The Labute approximate surface area is 113 Å². The largest absolute Gasteiger partial charge is 0.313 e. The third kappa shape index (κ3) is 3.58. The second-order valence-electron chi connectivity index (χ2n) is 6.37. The smallest absolute Gasteiger partial charge is 0.0346 e. The van der Waals surface area contributed by atoms with E-state index >= 15 is 0 Å². The van der Waals surface area contributed by atoms with E-state index in [9.17, 15) is 0 Å². The standard InChI is InChI=1S/C17H29N/c1-7-10-13(2)16(18-6)14-11-8-9-12-15(14)17(3,4)5/h8-9,11-13,16,18H,7,10H2,1-6H3. The zero-order valence-corrected chi connectivity index (χ0v) is 12.9. The van der Waals surface area contributed by atoms with E-state index in [-0.39, 0.29) is 5.41 Å². The van der Waals surface area contributed by atoms with Crippen molar-refractivity contribution < 1.29 is 0 Å². The van der Waals surface area contributed by atoms with E-state index in [0.29, 0.717) is 12.0 Å². The topological polar surface area (TPSA) is 12.0 Å². The summed E-state index contributed by atoms with van der Waals surface area (Å²) in [6.07, 6.45) is 2.51. The molecule has 1 aromatic rings. The first-order valence-corrected chi connectivity index (χ1v) is 7.18. The Bertz CT molecular complexity index is 362. The highest BCUT2D eigenvalue weighted by Crippen LogP contribution is 2.33. The van der Waals surface area contributed by atoms with Crippen LogP contribution in [0.15, 0.2) is 24.3 Å². The fraction of sp³-hybridized carbons (Fsp3) is 0.647. The van der Waals surface area contributed by atoms with Gasteiger partial charge < -0.3 is 5.32 Å². The number of nitrogens with one attached hydrogen (secondary N) is 1. The van der Waals surface area contributed by atoms with Gasteiger partial charge in [0.2, 0.25) is 0 Å². The van der Waals surface area contributed by atoms with E-state index in [4.69, 9.17) is 0 Å². The van der Waals surface area contributed by atoms with Crippen LogP contribution in [-0.4, -0.2) is 7.05 Å². The van der Waals surface area contributed by atoms with Gasteiger partial charge in [-0.05, 0) is 35.9 Å². The molecule has 0 heterocycles. The molecule has 0 aromatic heterocycles. The van der Waals surface area contributed by atoms with Crippen LogP contribution in [0.3, 0.4) is 0 Å². The zero-order valence-electron chi connectivity index (χ0n) is 12.9. The minimum absolute atomic E-state index is 0.206. The Hall–Kier alpha value is -0.820. The molecule has 0 amide bonds. The zero-order chi connectivity index (χ0) is 13.8. The Kier molecular flexibility index (Phi) is 5.40. The predicted octanol–water partition coefficient (Wildman–Crippen LogP) is 4.68. The molecule has 0 bridgehead atoms. The van der Waals surface area contributed by atoms with Crippen molar-refractivity contribution in [2.45, 2.75) is 58.9 Å². The van der Waals surface area contributed by atoms with Crippen LogP contribution in [-0.2, 0) is 5.41 Å². The lowest BCUT2D eigenvalue weighted by Gasteiger charge is -2.30. The molecule has 102 valence electrons. The molecule has 1 rings (SSSR count). The summed E-state index contributed by atoms with van der Waals surface area (Å²) >= 11 is 0. The molecule has 2 unspecified atom stereocenters. The van der Waals surface area contributed by atoms with Gasteiger partial charge in [0.05, 0.1) is 0 Å². The summed E-state index contributed by atoms with van der Waals surface area (Å²) in [7, 11) is 2.08. The summed E-state index contributed by atoms with van der Waals surface area (Å²) in [5, 5.41) is 3.52. The maximum Gasteiger partial charge on any atom is 0.0346 e. The lowest BCUT2D eigenvalue weighted by molar-refractivity contribution is 0.377. The number of rotatable bonds is 5. The molecule has 1 N–H and O–H groups in total.